The summed E-state index contributed by atoms with van der Waals surface area (Å²) in [7, 11) is 0. The quantitative estimate of drug-likeness (QED) is 0.158. The van der Waals surface area contributed by atoms with Crippen LogP contribution in [0.5, 0.6) is 11.5 Å². The van der Waals surface area contributed by atoms with Crippen molar-refractivity contribution in [2.24, 2.45) is 0 Å². The van der Waals surface area contributed by atoms with Gasteiger partial charge in [-0.25, -0.2) is 0 Å². The predicted molar refractivity (Wildman–Crippen MR) is 393 cm³/mol. The zero-order valence-electron chi connectivity index (χ0n) is 59.9. The van der Waals surface area contributed by atoms with Gasteiger partial charge in [0.2, 0.25) is 0 Å². The van der Waals surface area contributed by atoms with E-state index in [4.69, 9.17) is 4.74 Å². The van der Waals surface area contributed by atoms with Crippen molar-refractivity contribution in [2.45, 2.75) is 223 Å². The van der Waals surface area contributed by atoms with E-state index in [0.29, 0.717) is 0 Å². The molecule has 0 amide bonds. The number of rotatable bonds is 7. The van der Waals surface area contributed by atoms with Crippen LogP contribution in [0, 0.1) is 13.8 Å². The summed E-state index contributed by atoms with van der Waals surface area (Å²) in [6.45, 7) is 60.6. The van der Waals surface area contributed by atoms with Gasteiger partial charge < -0.3 is 9.64 Å². The second-order valence-electron chi connectivity index (χ2n) is 34.9. The summed E-state index contributed by atoms with van der Waals surface area (Å²) >= 11 is 0. The zero-order chi connectivity index (χ0) is 66.0. The lowest BCUT2D eigenvalue weighted by molar-refractivity contribution is 0.476. The highest BCUT2D eigenvalue weighted by Gasteiger charge is 2.30. The number of nitrogens with zero attached hydrogens (tertiary/aromatic N) is 1. The minimum Gasteiger partial charge on any atom is -0.453 e. The Labute approximate surface area is 544 Å². The van der Waals surface area contributed by atoms with Gasteiger partial charge >= 0.3 is 0 Å². The van der Waals surface area contributed by atoms with Crippen molar-refractivity contribution in [1.82, 2.24) is 0 Å². The first kappa shape index (κ1) is 65.5. The molecule has 0 aromatic heterocycles. The van der Waals surface area contributed by atoms with Crippen molar-refractivity contribution in [2.75, 3.05) is 4.90 Å². The fourth-order valence-corrected chi connectivity index (χ4v) is 12.3. The molecule has 0 atom stereocenters. The Balaban J connectivity index is 1.36. The fourth-order valence-electron chi connectivity index (χ4n) is 12.3. The van der Waals surface area contributed by atoms with Crippen molar-refractivity contribution < 1.29 is 4.74 Å². The van der Waals surface area contributed by atoms with E-state index in [-0.39, 0.29) is 43.3 Å². The van der Waals surface area contributed by atoms with Gasteiger partial charge in [0, 0.05) is 5.69 Å². The van der Waals surface area contributed by atoms with Gasteiger partial charge in [-0.05, 0) is 258 Å². The topological polar surface area (TPSA) is 12.5 Å². The molecule has 0 aliphatic carbocycles. The van der Waals surface area contributed by atoms with Crippen molar-refractivity contribution >= 4 is 17.1 Å². The Kier molecular flexibility index (Phi) is 16.6. The number of hydrogen-bond donors (Lipinski definition) is 0. The third-order valence-corrected chi connectivity index (χ3v) is 18.6. The molecule has 9 aromatic rings. The van der Waals surface area contributed by atoms with E-state index < -0.39 is 0 Å². The second kappa shape index (κ2) is 22.8. The smallest absolute Gasteiger partial charge is 0.151 e. The van der Waals surface area contributed by atoms with E-state index in [1.807, 2.05) is 0 Å². The molecule has 0 spiro atoms. The van der Waals surface area contributed by atoms with Crippen LogP contribution in [-0.4, -0.2) is 0 Å². The second-order valence-corrected chi connectivity index (χ2v) is 34.9. The first-order chi connectivity index (χ1) is 41.4. The standard InChI is InChI=1S/C88H105NO/c1-54-27-29-77-79(31-54)90-80-32-55(2)28-30-78(80)89(77)76-48-62(56-33-58(64-40-68(81(3,4)5)50-69(41-64)82(6,7)8)37-59(34-56)65-42-70(83(9,10)11)51-71(43-65)84(12,13)14)39-63(49-76)57-35-60(66-44-72(85(15,16)17)52-73(45-66)86(18,19)20)38-61(36-57)67-46-74(87(21,22)23)53-75(47-67)88(24,25)26/h27-53H,1-26H3. The first-order valence-corrected chi connectivity index (χ1v) is 33.2. The lowest BCUT2D eigenvalue weighted by Crippen LogP contribution is -2.16. The Morgan fingerprint density at radius 1 is 0.211 bits per heavy atom. The Morgan fingerprint density at radius 3 is 0.578 bits per heavy atom. The van der Waals surface area contributed by atoms with Gasteiger partial charge in [-0.15, -0.1) is 0 Å². The molecule has 2 nitrogen and oxygen atoms in total. The summed E-state index contributed by atoms with van der Waals surface area (Å²) in [5, 5.41) is 0. The molecule has 0 saturated heterocycles. The molecule has 0 unspecified atom stereocenters. The van der Waals surface area contributed by atoms with Crippen molar-refractivity contribution in [3.8, 4) is 78.3 Å². The summed E-state index contributed by atoms with van der Waals surface area (Å²) in [6, 6.07) is 65.0. The van der Waals surface area contributed by atoms with Crippen LogP contribution >= 0.6 is 0 Å². The molecule has 0 N–H and O–H groups in total. The molecule has 0 bridgehead atoms. The molecule has 1 aliphatic heterocycles. The number of aryl methyl sites for hydroxylation is 2. The molecule has 468 valence electrons. The maximum atomic E-state index is 6.91. The van der Waals surface area contributed by atoms with Crippen LogP contribution in [-0.2, 0) is 43.3 Å². The molecule has 0 fully saturated rings. The van der Waals surface area contributed by atoms with Gasteiger partial charge in [0.15, 0.2) is 11.5 Å². The number of benzene rings is 9. The van der Waals surface area contributed by atoms with Crippen LogP contribution in [0.3, 0.4) is 0 Å². The van der Waals surface area contributed by atoms with E-state index in [1.165, 1.54) is 89.0 Å². The summed E-state index contributed by atoms with van der Waals surface area (Å²) in [4.78, 5) is 2.45. The monoisotopic (exact) mass is 1190 g/mol. The van der Waals surface area contributed by atoms with E-state index >= 15 is 0 Å². The summed E-state index contributed by atoms with van der Waals surface area (Å²) in [5.41, 5.74) is 29.8. The summed E-state index contributed by atoms with van der Waals surface area (Å²) in [5.74, 6) is 1.69. The predicted octanol–water partition coefficient (Wildman–Crippen LogP) is 26.3. The minimum atomic E-state index is -0.0672. The molecule has 0 radical (unpaired) electrons. The highest BCUT2D eigenvalue weighted by Crippen LogP contribution is 2.53. The van der Waals surface area contributed by atoms with E-state index in [1.54, 1.807) is 0 Å². The van der Waals surface area contributed by atoms with Gasteiger partial charge in [-0.2, -0.15) is 0 Å². The molecular weight excluding hydrogens is 1090 g/mol. The SMILES string of the molecule is Cc1ccc2c(c1)Oc1cc(C)ccc1N2c1cc(-c2cc(-c3cc(C(C)(C)C)cc(C(C)(C)C)c3)cc(-c3cc(C(C)(C)C)cc(C(C)(C)C)c3)c2)cc(-c2cc(-c3cc(C(C)(C)C)cc(C(C)(C)C)c3)cc(-c3cc(C(C)(C)C)cc(C(C)(C)C)c3)c2)c1. The van der Waals surface area contributed by atoms with Crippen molar-refractivity contribution in [3.63, 3.8) is 0 Å². The Morgan fingerprint density at radius 2 is 0.389 bits per heavy atom. The van der Waals surface area contributed by atoms with Gasteiger partial charge in [0.1, 0.15) is 0 Å². The molecular formula is C88H105NO. The van der Waals surface area contributed by atoms with Gasteiger partial charge in [0.25, 0.3) is 0 Å². The van der Waals surface area contributed by atoms with E-state index in [0.717, 1.165) is 61.9 Å². The van der Waals surface area contributed by atoms with Crippen LogP contribution < -0.4 is 9.64 Å². The van der Waals surface area contributed by atoms with Crippen LogP contribution in [0.2, 0.25) is 0 Å². The summed E-state index contributed by atoms with van der Waals surface area (Å²) in [6.07, 6.45) is 0. The molecule has 1 aliphatic rings. The highest BCUT2D eigenvalue weighted by atomic mass is 16.5. The normalized spacial score (nSPS) is 13.5. The summed E-state index contributed by atoms with van der Waals surface area (Å²) < 4.78 is 6.91. The minimum absolute atomic E-state index is 0.0672. The first-order valence-electron chi connectivity index (χ1n) is 33.2. The van der Waals surface area contributed by atoms with Crippen molar-refractivity contribution in [3.05, 3.63) is 219 Å². The van der Waals surface area contributed by atoms with Crippen LogP contribution in [0.15, 0.2) is 164 Å². The van der Waals surface area contributed by atoms with E-state index in [2.05, 4.69) is 349 Å². The molecule has 9 aromatic carbocycles. The molecule has 90 heavy (non-hydrogen) atoms. The van der Waals surface area contributed by atoms with Crippen molar-refractivity contribution in [1.29, 1.82) is 0 Å². The largest absolute Gasteiger partial charge is 0.453 e. The molecule has 1 heterocycles. The number of anilines is 3. The fraction of sp³-hybridized carbons (Fsp3) is 0.386. The zero-order valence-corrected chi connectivity index (χ0v) is 59.9. The third-order valence-electron chi connectivity index (χ3n) is 18.6. The van der Waals surface area contributed by atoms with Gasteiger partial charge in [0.05, 0.1) is 11.4 Å². The van der Waals surface area contributed by atoms with Crippen LogP contribution in [0.1, 0.15) is 222 Å². The van der Waals surface area contributed by atoms with Gasteiger partial charge in [-0.1, -0.05) is 251 Å². The van der Waals surface area contributed by atoms with E-state index in [9.17, 15) is 0 Å². The number of fused-ring (bicyclic) bond motifs is 2. The lowest BCUT2D eigenvalue weighted by atomic mass is 9.77. The maximum absolute atomic E-state index is 6.91. The Hall–Kier alpha value is -7.42. The number of hydrogen-bond acceptors (Lipinski definition) is 2. The lowest BCUT2D eigenvalue weighted by Gasteiger charge is -2.34. The number of ether oxygens (including phenoxy) is 1. The average molecular weight is 1190 g/mol. The molecule has 2 heteroatoms. The maximum Gasteiger partial charge on any atom is 0.151 e. The van der Waals surface area contributed by atoms with Crippen LogP contribution in [0.4, 0.5) is 17.1 Å². The third kappa shape index (κ3) is 14.1. The van der Waals surface area contributed by atoms with Crippen LogP contribution in [0.25, 0.3) is 66.8 Å². The average Bonchev–Trinajstić information content (AvgIpc) is 0.819. The highest BCUT2D eigenvalue weighted by molar-refractivity contribution is 5.93. The molecule has 0 saturated carbocycles. The van der Waals surface area contributed by atoms with Gasteiger partial charge in [-0.3, -0.25) is 0 Å². The molecule has 10 rings (SSSR count). The Bertz CT molecular complexity index is 3650.